The Kier molecular flexibility index (Phi) is 15.3. The van der Waals surface area contributed by atoms with Crippen LogP contribution >= 0.6 is 0 Å². The van der Waals surface area contributed by atoms with Crippen molar-refractivity contribution in [3.05, 3.63) is 262 Å². The Bertz CT molecular complexity index is 3060. The molecule has 0 aliphatic rings. The van der Waals surface area contributed by atoms with Crippen molar-refractivity contribution in [3.63, 3.8) is 0 Å². The van der Waals surface area contributed by atoms with Gasteiger partial charge < -0.3 is 19.4 Å². The summed E-state index contributed by atoms with van der Waals surface area (Å²) in [5.74, 6) is 0.885. The van der Waals surface area contributed by atoms with Crippen LogP contribution in [-0.2, 0) is 0 Å². The molecule has 0 atom stereocenters. The standard InChI is InChI=1S/C68H65N3O/c1-8-9-46-72-66-42-40-61(41-43-66)69(59-32-20-55(21-33-59)16-18-57-24-36-64(37-25-57)70(62-28-10-49(2)11-29-62)67-44-14-51(4)47-53(67)6)60-34-22-56(23-35-60)17-19-58-26-38-65(39-27-58)71(63-30-12-50(3)13-31-63)68-45-15-52(5)48-54(68)7/h10-45,47-48H,8-9,46H2,1-7H3/b18-16+,19-17+. The first-order valence-electron chi connectivity index (χ1n) is 25.3. The second kappa shape index (κ2) is 22.6. The summed E-state index contributed by atoms with van der Waals surface area (Å²) >= 11 is 0. The summed E-state index contributed by atoms with van der Waals surface area (Å²) < 4.78 is 6.05. The van der Waals surface area contributed by atoms with Crippen LogP contribution in [0.5, 0.6) is 5.75 Å². The summed E-state index contributed by atoms with van der Waals surface area (Å²) in [6, 6.07) is 74.6. The molecule has 4 nitrogen and oxygen atoms in total. The van der Waals surface area contributed by atoms with E-state index < -0.39 is 0 Å². The zero-order valence-corrected chi connectivity index (χ0v) is 42.8. The molecule has 0 aliphatic heterocycles. The molecule has 0 heterocycles. The van der Waals surface area contributed by atoms with Gasteiger partial charge in [-0.15, -0.1) is 0 Å². The van der Waals surface area contributed by atoms with Crippen LogP contribution in [0.25, 0.3) is 24.3 Å². The fourth-order valence-corrected chi connectivity index (χ4v) is 9.15. The second-order valence-corrected chi connectivity index (χ2v) is 19.0. The Balaban J connectivity index is 0.932. The molecule has 0 radical (unpaired) electrons. The van der Waals surface area contributed by atoms with Crippen LogP contribution in [0.15, 0.2) is 206 Å². The van der Waals surface area contributed by atoms with Crippen molar-refractivity contribution in [1.29, 1.82) is 0 Å². The summed E-state index contributed by atoms with van der Waals surface area (Å²) in [4.78, 5) is 6.99. The molecule has 9 aromatic rings. The topological polar surface area (TPSA) is 19.0 Å². The van der Waals surface area contributed by atoms with Gasteiger partial charge in [-0.1, -0.05) is 157 Å². The molecule has 4 heteroatoms. The third-order valence-corrected chi connectivity index (χ3v) is 13.2. The van der Waals surface area contributed by atoms with Gasteiger partial charge in [-0.2, -0.15) is 0 Å². The van der Waals surface area contributed by atoms with E-state index in [0.717, 1.165) is 87.3 Å². The number of rotatable bonds is 17. The average molecular weight is 940 g/mol. The predicted octanol–water partition coefficient (Wildman–Crippen LogP) is 19.5. The van der Waals surface area contributed by atoms with Crippen molar-refractivity contribution in [3.8, 4) is 5.75 Å². The fraction of sp³-hybridized carbons (Fsp3) is 0.147. The Hall–Kier alpha value is -8.34. The van der Waals surface area contributed by atoms with Crippen LogP contribution in [0.3, 0.4) is 0 Å². The third kappa shape index (κ3) is 11.8. The first-order chi connectivity index (χ1) is 35.1. The van der Waals surface area contributed by atoms with Gasteiger partial charge in [-0.25, -0.2) is 0 Å². The van der Waals surface area contributed by atoms with Gasteiger partial charge in [0.15, 0.2) is 0 Å². The molecule has 0 amide bonds. The summed E-state index contributed by atoms with van der Waals surface area (Å²) in [5.41, 5.74) is 22.1. The number of nitrogens with zero attached hydrogens (tertiary/aromatic N) is 3. The lowest BCUT2D eigenvalue weighted by Gasteiger charge is -2.27. The SMILES string of the molecule is CCCCOc1ccc(N(c2ccc(/C=C/c3ccc(N(c4ccc(C)cc4)c4ccc(C)cc4C)cc3)cc2)c2ccc(/C=C/c3ccc(N(c4ccc(C)cc4)c4ccc(C)cc4C)cc3)cc2)cc1. The highest BCUT2D eigenvalue weighted by Crippen LogP contribution is 2.40. The average Bonchev–Trinajstić information content (AvgIpc) is 3.39. The Morgan fingerprint density at radius 3 is 0.903 bits per heavy atom. The van der Waals surface area contributed by atoms with Gasteiger partial charge in [0.25, 0.3) is 0 Å². The monoisotopic (exact) mass is 940 g/mol. The van der Waals surface area contributed by atoms with E-state index >= 15 is 0 Å². The molecule has 0 fully saturated rings. The molecule has 0 saturated heterocycles. The zero-order chi connectivity index (χ0) is 50.0. The van der Waals surface area contributed by atoms with Crippen LogP contribution in [0, 0.1) is 41.5 Å². The van der Waals surface area contributed by atoms with E-state index in [0.29, 0.717) is 0 Å². The largest absolute Gasteiger partial charge is 0.494 e. The maximum Gasteiger partial charge on any atom is 0.119 e. The molecular formula is C68H65N3O. The van der Waals surface area contributed by atoms with Crippen LogP contribution in [0.2, 0.25) is 0 Å². The maximum absolute atomic E-state index is 6.05. The van der Waals surface area contributed by atoms with Gasteiger partial charge in [0.05, 0.1) is 6.61 Å². The highest BCUT2D eigenvalue weighted by molar-refractivity contribution is 5.83. The van der Waals surface area contributed by atoms with Crippen LogP contribution in [-0.4, -0.2) is 6.61 Å². The highest BCUT2D eigenvalue weighted by atomic mass is 16.5. The summed E-state index contributed by atoms with van der Waals surface area (Å²) in [5, 5.41) is 0. The number of hydrogen-bond donors (Lipinski definition) is 0. The summed E-state index contributed by atoms with van der Waals surface area (Å²) in [6.45, 7) is 15.8. The van der Waals surface area contributed by atoms with Gasteiger partial charge in [0.2, 0.25) is 0 Å². The lowest BCUT2D eigenvalue weighted by atomic mass is 10.1. The van der Waals surface area contributed by atoms with Gasteiger partial charge in [-0.3, -0.25) is 0 Å². The normalized spacial score (nSPS) is 11.3. The second-order valence-electron chi connectivity index (χ2n) is 19.0. The molecule has 0 N–H and O–H groups in total. The summed E-state index contributed by atoms with van der Waals surface area (Å²) in [7, 11) is 0. The van der Waals surface area contributed by atoms with E-state index in [-0.39, 0.29) is 0 Å². The molecule has 0 aliphatic carbocycles. The minimum absolute atomic E-state index is 0.718. The van der Waals surface area contributed by atoms with Crippen LogP contribution < -0.4 is 19.4 Å². The van der Waals surface area contributed by atoms with Gasteiger partial charge >= 0.3 is 0 Å². The predicted molar refractivity (Wildman–Crippen MR) is 310 cm³/mol. The number of ether oxygens (including phenoxy) is 1. The van der Waals surface area contributed by atoms with Crippen molar-refractivity contribution in [1.82, 2.24) is 0 Å². The third-order valence-electron chi connectivity index (χ3n) is 13.2. The van der Waals surface area contributed by atoms with E-state index in [9.17, 15) is 0 Å². The number of benzene rings is 9. The number of hydrogen-bond acceptors (Lipinski definition) is 4. The van der Waals surface area contributed by atoms with Crippen molar-refractivity contribution < 1.29 is 4.74 Å². The van der Waals surface area contributed by atoms with Gasteiger partial charge in [0, 0.05) is 51.2 Å². The maximum atomic E-state index is 6.05. The van der Waals surface area contributed by atoms with Crippen molar-refractivity contribution in [2.75, 3.05) is 21.3 Å². The van der Waals surface area contributed by atoms with Crippen molar-refractivity contribution >= 4 is 75.5 Å². The number of anilines is 9. The minimum Gasteiger partial charge on any atom is -0.494 e. The lowest BCUT2D eigenvalue weighted by Crippen LogP contribution is -2.11. The molecule has 0 spiro atoms. The molecule has 0 aromatic heterocycles. The Morgan fingerprint density at radius 2 is 0.597 bits per heavy atom. The molecular weight excluding hydrogens is 875 g/mol. The van der Waals surface area contributed by atoms with E-state index in [1.807, 2.05) is 0 Å². The Morgan fingerprint density at radius 1 is 0.319 bits per heavy atom. The minimum atomic E-state index is 0.718. The fourth-order valence-electron chi connectivity index (χ4n) is 9.15. The molecule has 9 aromatic carbocycles. The molecule has 0 bridgehead atoms. The van der Waals surface area contributed by atoms with E-state index in [1.165, 1.54) is 44.8 Å². The van der Waals surface area contributed by atoms with Gasteiger partial charge in [0.1, 0.15) is 5.75 Å². The highest BCUT2D eigenvalue weighted by Gasteiger charge is 2.17. The van der Waals surface area contributed by atoms with Gasteiger partial charge in [-0.05, 0) is 191 Å². The number of unbranched alkanes of at least 4 members (excludes halogenated alkanes) is 1. The number of aryl methyl sites for hydroxylation is 6. The van der Waals surface area contributed by atoms with E-state index in [2.05, 4.69) is 294 Å². The molecule has 72 heavy (non-hydrogen) atoms. The van der Waals surface area contributed by atoms with Crippen molar-refractivity contribution in [2.45, 2.75) is 61.3 Å². The molecule has 358 valence electrons. The zero-order valence-electron chi connectivity index (χ0n) is 42.8. The lowest BCUT2D eigenvalue weighted by molar-refractivity contribution is 0.309. The Labute approximate surface area is 428 Å². The molecule has 9 rings (SSSR count). The first-order valence-corrected chi connectivity index (χ1v) is 25.3. The molecule has 0 saturated carbocycles. The first kappa shape index (κ1) is 48.7. The van der Waals surface area contributed by atoms with E-state index in [1.54, 1.807) is 0 Å². The van der Waals surface area contributed by atoms with Crippen LogP contribution in [0.4, 0.5) is 51.2 Å². The summed E-state index contributed by atoms with van der Waals surface area (Å²) in [6.07, 6.45) is 10.9. The van der Waals surface area contributed by atoms with E-state index in [4.69, 9.17) is 4.74 Å². The molecule has 0 unspecified atom stereocenters. The smallest absolute Gasteiger partial charge is 0.119 e. The van der Waals surface area contributed by atoms with Crippen LogP contribution in [0.1, 0.15) is 75.4 Å². The quantitative estimate of drug-likeness (QED) is 0.0669. The van der Waals surface area contributed by atoms with Crippen molar-refractivity contribution in [2.24, 2.45) is 0 Å².